The van der Waals surface area contributed by atoms with Gasteiger partial charge in [-0.25, -0.2) is 9.78 Å². The first-order valence-corrected chi connectivity index (χ1v) is 10.5. The van der Waals surface area contributed by atoms with Crippen LogP contribution in [0.15, 0.2) is 36.5 Å². The maximum absolute atomic E-state index is 12.8. The number of nitrogens with zero attached hydrogens (tertiary/aromatic N) is 2. The van der Waals surface area contributed by atoms with E-state index in [0.717, 1.165) is 24.5 Å². The van der Waals surface area contributed by atoms with Crippen LogP contribution in [-0.2, 0) is 15.9 Å². The molecule has 4 rings (SSSR count). The van der Waals surface area contributed by atoms with Crippen LogP contribution in [0.25, 0.3) is 0 Å². The highest BCUT2D eigenvalue weighted by atomic mass is 16.5. The van der Waals surface area contributed by atoms with Crippen LogP contribution < -0.4 is 9.55 Å². The molecule has 9 heteroatoms. The number of esters is 1. The standard InChI is InChI=1S/C22H25BN2O6/c1-2-30-22(27)18-5-3-4-15-12-17(23(28)31-21(15)18)13-19(26)16-6-7-20(24-14-16)25-8-10-29-11-9-25/h3-7,14,17,28H,2,8-13H2,1H3/t17-/m1/s1. The van der Waals surface area contributed by atoms with Gasteiger partial charge < -0.3 is 24.1 Å². The van der Waals surface area contributed by atoms with Gasteiger partial charge in [-0.3, -0.25) is 4.79 Å². The van der Waals surface area contributed by atoms with E-state index < -0.39 is 18.9 Å². The monoisotopic (exact) mass is 424 g/mol. The third kappa shape index (κ3) is 4.72. The number of rotatable bonds is 6. The van der Waals surface area contributed by atoms with E-state index in [1.54, 1.807) is 31.3 Å². The average Bonchev–Trinajstić information content (AvgIpc) is 2.80. The zero-order chi connectivity index (χ0) is 21.8. The molecular formula is C22H25BN2O6. The van der Waals surface area contributed by atoms with Gasteiger partial charge in [-0.1, -0.05) is 12.1 Å². The van der Waals surface area contributed by atoms with Gasteiger partial charge in [0.2, 0.25) is 0 Å². The Hall–Kier alpha value is -2.91. The lowest BCUT2D eigenvalue weighted by Gasteiger charge is -2.28. The molecule has 0 radical (unpaired) electrons. The SMILES string of the molecule is CCOC(=O)c1cccc2c1OB(O)[C@@H](CC(=O)c1ccc(N3CCOCC3)nc1)C2. The van der Waals surface area contributed by atoms with Crippen molar-refractivity contribution in [2.45, 2.75) is 25.6 Å². The van der Waals surface area contributed by atoms with Crippen molar-refractivity contribution in [2.75, 3.05) is 37.8 Å². The summed E-state index contributed by atoms with van der Waals surface area (Å²) in [5, 5.41) is 10.5. The fourth-order valence-corrected chi connectivity index (χ4v) is 3.91. The predicted molar refractivity (Wildman–Crippen MR) is 115 cm³/mol. The molecule has 1 atom stereocenters. The van der Waals surface area contributed by atoms with E-state index in [1.807, 2.05) is 12.1 Å². The summed E-state index contributed by atoms with van der Waals surface area (Å²) in [6.45, 7) is 4.87. The highest BCUT2D eigenvalue weighted by molar-refractivity contribution is 6.47. The molecule has 0 aliphatic carbocycles. The molecule has 0 amide bonds. The van der Waals surface area contributed by atoms with Gasteiger partial charge in [0.25, 0.3) is 0 Å². The summed E-state index contributed by atoms with van der Waals surface area (Å²) in [5.74, 6) is 0.123. The molecule has 1 N–H and O–H groups in total. The second-order valence-corrected chi connectivity index (χ2v) is 7.62. The lowest BCUT2D eigenvalue weighted by molar-refractivity contribution is 0.0523. The first-order valence-electron chi connectivity index (χ1n) is 10.5. The minimum atomic E-state index is -1.19. The summed E-state index contributed by atoms with van der Waals surface area (Å²) in [4.78, 5) is 31.5. The summed E-state index contributed by atoms with van der Waals surface area (Å²) in [6.07, 6.45) is 2.12. The molecule has 31 heavy (non-hydrogen) atoms. The Morgan fingerprint density at radius 1 is 1.26 bits per heavy atom. The number of hydrogen-bond donors (Lipinski definition) is 1. The summed E-state index contributed by atoms with van der Waals surface area (Å²) in [7, 11) is -1.19. The minimum absolute atomic E-state index is 0.112. The number of Topliss-reactive ketones (excluding diaryl/α,β-unsaturated/α-hetero) is 1. The Balaban J connectivity index is 1.43. The molecule has 0 spiro atoms. The maximum Gasteiger partial charge on any atom is 0.526 e. The molecule has 2 aromatic rings. The molecule has 1 aromatic carbocycles. The fourth-order valence-electron chi connectivity index (χ4n) is 3.91. The summed E-state index contributed by atoms with van der Waals surface area (Å²) in [6, 6.07) is 8.80. The van der Waals surface area contributed by atoms with Crippen molar-refractivity contribution >= 4 is 24.7 Å². The number of para-hydroxylation sites is 1. The van der Waals surface area contributed by atoms with Gasteiger partial charge in [0.15, 0.2) is 5.78 Å². The summed E-state index contributed by atoms with van der Waals surface area (Å²) >= 11 is 0. The Morgan fingerprint density at radius 3 is 2.77 bits per heavy atom. The fraction of sp³-hybridized carbons (Fsp3) is 0.409. The quantitative estimate of drug-likeness (QED) is 0.428. The number of hydrogen-bond acceptors (Lipinski definition) is 8. The van der Waals surface area contributed by atoms with Gasteiger partial charge in [-0.2, -0.15) is 0 Å². The van der Waals surface area contributed by atoms with Crippen molar-refractivity contribution in [1.29, 1.82) is 0 Å². The molecule has 162 valence electrons. The first kappa shape index (κ1) is 21.3. The topological polar surface area (TPSA) is 98.2 Å². The normalized spacial score (nSPS) is 18.2. The largest absolute Gasteiger partial charge is 0.535 e. The molecule has 3 heterocycles. The van der Waals surface area contributed by atoms with Gasteiger partial charge in [-0.05, 0) is 37.1 Å². The molecule has 2 aliphatic rings. The van der Waals surface area contributed by atoms with Crippen LogP contribution in [0, 0.1) is 0 Å². The van der Waals surface area contributed by atoms with Crippen LogP contribution in [0.4, 0.5) is 5.82 Å². The molecular weight excluding hydrogens is 399 g/mol. The van der Waals surface area contributed by atoms with Crippen LogP contribution in [0.1, 0.15) is 39.6 Å². The highest BCUT2D eigenvalue weighted by Crippen LogP contribution is 2.37. The molecule has 0 unspecified atom stereocenters. The van der Waals surface area contributed by atoms with Crippen molar-refractivity contribution in [3.63, 3.8) is 0 Å². The predicted octanol–water partition coefficient (Wildman–Crippen LogP) is 2.15. The summed E-state index contributed by atoms with van der Waals surface area (Å²) in [5.41, 5.74) is 1.55. The highest BCUT2D eigenvalue weighted by Gasteiger charge is 2.38. The number of carbonyl (C=O) groups is 2. The Kier molecular flexibility index (Phi) is 6.53. The van der Waals surface area contributed by atoms with E-state index in [1.165, 1.54) is 0 Å². The third-order valence-electron chi connectivity index (χ3n) is 5.57. The van der Waals surface area contributed by atoms with Crippen molar-refractivity contribution < 1.29 is 28.7 Å². The van der Waals surface area contributed by atoms with Gasteiger partial charge in [0, 0.05) is 37.1 Å². The Morgan fingerprint density at radius 2 is 2.06 bits per heavy atom. The number of anilines is 1. The van der Waals surface area contributed by atoms with Gasteiger partial charge in [0.05, 0.1) is 19.8 Å². The molecule has 2 aliphatic heterocycles. The number of aromatic nitrogens is 1. The Bertz CT molecular complexity index is 946. The van der Waals surface area contributed by atoms with Crippen LogP contribution in [-0.4, -0.2) is 61.8 Å². The number of carbonyl (C=O) groups excluding carboxylic acids is 2. The van der Waals surface area contributed by atoms with Crippen LogP contribution >= 0.6 is 0 Å². The number of ether oxygens (including phenoxy) is 2. The lowest BCUT2D eigenvalue weighted by Crippen LogP contribution is -2.36. The maximum atomic E-state index is 12.8. The van der Waals surface area contributed by atoms with E-state index in [-0.39, 0.29) is 24.4 Å². The van der Waals surface area contributed by atoms with E-state index >= 15 is 0 Å². The number of benzene rings is 1. The van der Waals surface area contributed by atoms with Crippen molar-refractivity contribution in [2.24, 2.45) is 0 Å². The molecule has 8 nitrogen and oxygen atoms in total. The zero-order valence-electron chi connectivity index (χ0n) is 17.5. The zero-order valence-corrected chi connectivity index (χ0v) is 17.5. The summed E-state index contributed by atoms with van der Waals surface area (Å²) < 4.78 is 16.1. The number of pyridine rings is 1. The average molecular weight is 424 g/mol. The van der Waals surface area contributed by atoms with Crippen LogP contribution in [0.3, 0.4) is 0 Å². The van der Waals surface area contributed by atoms with E-state index in [4.69, 9.17) is 14.1 Å². The van der Waals surface area contributed by atoms with Crippen molar-refractivity contribution in [3.05, 3.63) is 53.2 Å². The smallest absolute Gasteiger partial charge is 0.526 e. The van der Waals surface area contributed by atoms with Gasteiger partial charge >= 0.3 is 13.1 Å². The first-order chi connectivity index (χ1) is 15.1. The van der Waals surface area contributed by atoms with Crippen molar-refractivity contribution in [3.8, 4) is 5.75 Å². The minimum Gasteiger partial charge on any atom is -0.535 e. The molecule has 1 aromatic heterocycles. The van der Waals surface area contributed by atoms with E-state index in [9.17, 15) is 14.6 Å². The molecule has 1 saturated heterocycles. The van der Waals surface area contributed by atoms with E-state index in [2.05, 4.69) is 9.88 Å². The van der Waals surface area contributed by atoms with Gasteiger partial charge in [-0.15, -0.1) is 0 Å². The van der Waals surface area contributed by atoms with Crippen LogP contribution in [0.2, 0.25) is 5.82 Å². The second kappa shape index (κ2) is 9.49. The molecule has 1 fully saturated rings. The lowest BCUT2D eigenvalue weighted by atomic mass is 9.64. The number of fused-ring (bicyclic) bond motifs is 1. The third-order valence-corrected chi connectivity index (χ3v) is 5.57. The van der Waals surface area contributed by atoms with Crippen LogP contribution in [0.5, 0.6) is 5.75 Å². The number of morpholine rings is 1. The Labute approximate surface area is 181 Å². The van der Waals surface area contributed by atoms with Crippen molar-refractivity contribution in [1.82, 2.24) is 4.98 Å². The molecule has 0 saturated carbocycles. The second-order valence-electron chi connectivity index (χ2n) is 7.62. The number of ketones is 1. The van der Waals surface area contributed by atoms with Gasteiger partial charge in [0.1, 0.15) is 17.1 Å². The molecule has 0 bridgehead atoms. The van der Waals surface area contributed by atoms with E-state index in [0.29, 0.717) is 30.9 Å².